The Balaban J connectivity index is 1.73. The van der Waals surface area contributed by atoms with Gasteiger partial charge in [-0.1, -0.05) is 30.4 Å². The lowest BCUT2D eigenvalue weighted by atomic mass is 10.0. The molecule has 1 fully saturated rings. The number of nitrogens with zero attached hydrogens (tertiary/aromatic N) is 5. The Morgan fingerprint density at radius 1 is 1.19 bits per heavy atom. The van der Waals surface area contributed by atoms with Crippen molar-refractivity contribution in [2.45, 2.75) is 13.0 Å². The molecular weight excluding hydrogens is 350 g/mol. The van der Waals surface area contributed by atoms with E-state index < -0.39 is 0 Å². The van der Waals surface area contributed by atoms with Gasteiger partial charge >= 0.3 is 0 Å². The number of rotatable bonds is 5. The highest BCUT2D eigenvalue weighted by atomic mass is 32.1. The highest BCUT2D eigenvalue weighted by Crippen LogP contribution is 2.40. The van der Waals surface area contributed by atoms with E-state index in [1.165, 1.54) is 22.2 Å². The second-order valence-corrected chi connectivity index (χ2v) is 7.40. The van der Waals surface area contributed by atoms with E-state index in [-0.39, 0.29) is 11.9 Å². The Kier molecular flexibility index (Phi) is 4.80. The second kappa shape index (κ2) is 7.22. The summed E-state index contributed by atoms with van der Waals surface area (Å²) in [6.07, 6.45) is 1.47. The molecular formula is C18H23N5O2S. The van der Waals surface area contributed by atoms with Crippen LogP contribution in [0.3, 0.4) is 0 Å². The van der Waals surface area contributed by atoms with Crippen LogP contribution in [0.5, 0.6) is 11.6 Å². The van der Waals surface area contributed by atoms with Gasteiger partial charge in [0.05, 0.1) is 18.0 Å². The Morgan fingerprint density at radius 3 is 2.54 bits per heavy atom. The number of benzene rings is 1. The van der Waals surface area contributed by atoms with Crippen molar-refractivity contribution in [3.05, 3.63) is 41.0 Å². The van der Waals surface area contributed by atoms with E-state index in [9.17, 15) is 5.11 Å². The third-order valence-corrected chi connectivity index (χ3v) is 6.12. The quantitative estimate of drug-likeness (QED) is 0.740. The lowest BCUT2D eigenvalue weighted by Crippen LogP contribution is -2.47. The molecule has 0 saturated carbocycles. The number of hydrogen-bond acceptors (Lipinski definition) is 7. The van der Waals surface area contributed by atoms with Gasteiger partial charge in [-0.2, -0.15) is 9.61 Å². The average molecular weight is 373 g/mol. The van der Waals surface area contributed by atoms with E-state index in [1.54, 1.807) is 7.11 Å². The molecule has 0 radical (unpaired) electrons. The molecule has 4 rings (SSSR count). The molecule has 3 heterocycles. The summed E-state index contributed by atoms with van der Waals surface area (Å²) < 4.78 is 6.81. The molecule has 3 aromatic rings. The van der Waals surface area contributed by atoms with Gasteiger partial charge in [-0.05, 0) is 24.2 Å². The minimum atomic E-state index is -0.0200. The van der Waals surface area contributed by atoms with Gasteiger partial charge in [0, 0.05) is 26.2 Å². The number of piperazine rings is 1. The van der Waals surface area contributed by atoms with Crippen LogP contribution in [-0.2, 0) is 0 Å². The monoisotopic (exact) mass is 373 g/mol. The Hall–Kier alpha value is -2.16. The summed E-state index contributed by atoms with van der Waals surface area (Å²) in [6, 6.07) is 8.07. The average Bonchev–Trinajstić information content (AvgIpc) is 3.27. The lowest BCUT2D eigenvalue weighted by molar-refractivity contribution is 0.113. The van der Waals surface area contributed by atoms with Gasteiger partial charge in [-0.15, -0.1) is 0 Å². The first-order chi connectivity index (χ1) is 12.7. The van der Waals surface area contributed by atoms with Crippen LogP contribution in [0.25, 0.3) is 4.96 Å². The highest BCUT2D eigenvalue weighted by molar-refractivity contribution is 7.17. The number of likely N-dealkylation sites (N-methyl/N-ethyl adjacent to an activating group) is 1. The van der Waals surface area contributed by atoms with Gasteiger partial charge in [0.1, 0.15) is 12.1 Å². The molecule has 1 aliphatic rings. The predicted molar refractivity (Wildman–Crippen MR) is 101 cm³/mol. The van der Waals surface area contributed by atoms with Crippen LogP contribution >= 0.6 is 11.3 Å². The summed E-state index contributed by atoms with van der Waals surface area (Å²) in [5, 5.41) is 14.9. The highest BCUT2D eigenvalue weighted by Gasteiger charge is 2.31. The van der Waals surface area contributed by atoms with Gasteiger partial charge in [0.2, 0.25) is 10.8 Å². The molecule has 1 aliphatic heterocycles. The van der Waals surface area contributed by atoms with Gasteiger partial charge in [-0.3, -0.25) is 4.90 Å². The largest absolute Gasteiger partial charge is 0.497 e. The van der Waals surface area contributed by atoms with E-state index in [0.29, 0.717) is 4.96 Å². The fourth-order valence-electron chi connectivity index (χ4n) is 3.52. The third kappa shape index (κ3) is 3.04. The van der Waals surface area contributed by atoms with Crippen LogP contribution in [0.4, 0.5) is 0 Å². The van der Waals surface area contributed by atoms with E-state index >= 15 is 0 Å². The molecule has 1 aromatic carbocycles. The molecule has 1 N–H and O–H groups in total. The van der Waals surface area contributed by atoms with Crippen molar-refractivity contribution in [3.8, 4) is 11.6 Å². The topological polar surface area (TPSA) is 66.1 Å². The smallest absolute Gasteiger partial charge is 0.230 e. The number of hydrogen-bond donors (Lipinski definition) is 1. The molecule has 1 unspecified atom stereocenters. The molecule has 0 bridgehead atoms. The van der Waals surface area contributed by atoms with E-state index in [0.717, 1.165) is 48.9 Å². The number of ether oxygens (including phenoxy) is 1. The second-order valence-electron chi connectivity index (χ2n) is 6.39. The van der Waals surface area contributed by atoms with Crippen molar-refractivity contribution in [2.75, 3.05) is 39.8 Å². The zero-order chi connectivity index (χ0) is 18.1. The van der Waals surface area contributed by atoms with Crippen molar-refractivity contribution in [1.82, 2.24) is 24.4 Å². The third-order valence-electron chi connectivity index (χ3n) is 5.04. The summed E-state index contributed by atoms with van der Waals surface area (Å²) in [4.78, 5) is 10.7. The van der Waals surface area contributed by atoms with Gasteiger partial charge < -0.3 is 14.7 Å². The van der Waals surface area contributed by atoms with E-state index in [1.807, 2.05) is 12.1 Å². The standard InChI is InChI=1S/C18H23N5O2S/c1-3-21-8-10-22(11-9-21)15(13-4-6-14(25-2)7-5-13)16-17(24)23-18(26-16)19-12-20-23/h4-7,12,15,24H,3,8-11H2,1-2H3. The normalized spacial score (nSPS) is 17.6. The minimum Gasteiger partial charge on any atom is -0.497 e. The van der Waals surface area contributed by atoms with Crippen LogP contribution in [0.2, 0.25) is 0 Å². The van der Waals surface area contributed by atoms with Crippen LogP contribution in [-0.4, -0.2) is 69.3 Å². The maximum absolute atomic E-state index is 10.7. The first-order valence-electron chi connectivity index (χ1n) is 8.83. The maximum Gasteiger partial charge on any atom is 0.230 e. The summed E-state index contributed by atoms with van der Waals surface area (Å²) in [5.74, 6) is 1.01. The summed E-state index contributed by atoms with van der Waals surface area (Å²) in [6.45, 7) is 7.25. The Labute approximate surface area is 156 Å². The van der Waals surface area contributed by atoms with E-state index in [4.69, 9.17) is 4.74 Å². The molecule has 0 amide bonds. The molecule has 7 nitrogen and oxygen atoms in total. The van der Waals surface area contributed by atoms with Crippen molar-refractivity contribution in [3.63, 3.8) is 0 Å². The molecule has 1 saturated heterocycles. The molecule has 138 valence electrons. The molecule has 2 aromatic heterocycles. The van der Waals surface area contributed by atoms with Crippen LogP contribution < -0.4 is 4.74 Å². The summed E-state index contributed by atoms with van der Waals surface area (Å²) in [5.41, 5.74) is 1.13. The molecule has 0 spiro atoms. The number of fused-ring (bicyclic) bond motifs is 1. The molecule has 0 aliphatic carbocycles. The van der Waals surface area contributed by atoms with Crippen molar-refractivity contribution < 1.29 is 9.84 Å². The van der Waals surface area contributed by atoms with Crippen molar-refractivity contribution in [1.29, 1.82) is 0 Å². The van der Waals surface area contributed by atoms with Crippen molar-refractivity contribution in [2.24, 2.45) is 0 Å². The van der Waals surface area contributed by atoms with Crippen molar-refractivity contribution >= 4 is 16.3 Å². The number of aromatic nitrogens is 3. The summed E-state index contributed by atoms with van der Waals surface area (Å²) >= 11 is 1.50. The van der Waals surface area contributed by atoms with Gasteiger partial charge in [-0.25, -0.2) is 4.98 Å². The first-order valence-corrected chi connectivity index (χ1v) is 9.64. The fourth-order valence-corrected chi connectivity index (χ4v) is 4.62. The zero-order valence-corrected chi connectivity index (χ0v) is 15.8. The molecule has 26 heavy (non-hydrogen) atoms. The molecule has 1 atom stereocenters. The molecule has 8 heteroatoms. The minimum absolute atomic E-state index is 0.0200. The van der Waals surface area contributed by atoms with Crippen LogP contribution in [0.1, 0.15) is 23.4 Å². The Bertz CT molecular complexity index is 867. The lowest BCUT2D eigenvalue weighted by Gasteiger charge is -2.38. The first kappa shape index (κ1) is 17.3. The number of thiazole rings is 1. The SMILES string of the molecule is CCN1CCN(C(c2ccc(OC)cc2)c2sc3ncnn3c2O)CC1. The number of methoxy groups -OCH3 is 1. The zero-order valence-electron chi connectivity index (χ0n) is 15.0. The predicted octanol–water partition coefficient (Wildman–Crippen LogP) is 2.23. The van der Waals surface area contributed by atoms with Gasteiger partial charge in [0.15, 0.2) is 0 Å². The van der Waals surface area contributed by atoms with Crippen LogP contribution in [0.15, 0.2) is 30.6 Å². The van der Waals surface area contributed by atoms with Gasteiger partial charge in [0.25, 0.3) is 0 Å². The Morgan fingerprint density at radius 2 is 1.92 bits per heavy atom. The fraction of sp³-hybridized carbons (Fsp3) is 0.444. The number of aromatic hydroxyl groups is 1. The summed E-state index contributed by atoms with van der Waals surface area (Å²) in [7, 11) is 1.67. The maximum atomic E-state index is 10.7. The van der Waals surface area contributed by atoms with Crippen LogP contribution in [0, 0.1) is 0 Å². The van der Waals surface area contributed by atoms with E-state index in [2.05, 4.69) is 38.9 Å².